The third-order valence-corrected chi connectivity index (χ3v) is 4.87. The van der Waals surface area contributed by atoms with Crippen molar-refractivity contribution in [2.75, 3.05) is 17.3 Å². The van der Waals surface area contributed by atoms with Gasteiger partial charge in [0.15, 0.2) is 6.10 Å². The topological polar surface area (TPSA) is 52.6 Å². The Bertz CT molecular complexity index is 671. The van der Waals surface area contributed by atoms with E-state index in [-0.39, 0.29) is 5.91 Å². The van der Waals surface area contributed by atoms with E-state index in [1.165, 1.54) is 5.56 Å². The van der Waals surface area contributed by atoms with Gasteiger partial charge in [-0.3, -0.25) is 4.79 Å². The van der Waals surface area contributed by atoms with E-state index in [4.69, 9.17) is 0 Å². The van der Waals surface area contributed by atoms with Gasteiger partial charge in [0, 0.05) is 30.5 Å². The number of aliphatic hydroxyl groups is 1. The summed E-state index contributed by atoms with van der Waals surface area (Å²) in [5, 5.41) is 14.5. The molecule has 0 aliphatic carbocycles. The van der Waals surface area contributed by atoms with Gasteiger partial charge in [0.1, 0.15) is 0 Å². The quantitative estimate of drug-likeness (QED) is 0.892. The Labute approximate surface area is 129 Å². The zero-order chi connectivity index (χ0) is 14.3. The second-order valence-electron chi connectivity index (χ2n) is 4.78. The van der Waals surface area contributed by atoms with Crippen LogP contribution in [0.3, 0.4) is 0 Å². The van der Waals surface area contributed by atoms with Crippen LogP contribution in [0.15, 0.2) is 33.4 Å². The van der Waals surface area contributed by atoms with Gasteiger partial charge in [-0.05, 0) is 45.1 Å². The molecule has 0 saturated heterocycles. The molecule has 6 heteroatoms. The minimum atomic E-state index is -1.04. The van der Waals surface area contributed by atoms with E-state index in [0.717, 1.165) is 16.0 Å². The Kier molecular flexibility index (Phi) is 3.54. The number of thiophene rings is 1. The van der Waals surface area contributed by atoms with Crippen molar-refractivity contribution >= 4 is 44.5 Å². The highest BCUT2D eigenvalue weighted by atomic mass is 79.9. The predicted molar refractivity (Wildman–Crippen MR) is 84.2 cm³/mol. The molecule has 2 N–H and O–H groups in total. The highest BCUT2D eigenvalue weighted by molar-refractivity contribution is 9.11. The third kappa shape index (κ3) is 2.46. The Morgan fingerprint density at radius 2 is 2.25 bits per heavy atom. The van der Waals surface area contributed by atoms with Crippen molar-refractivity contribution in [3.63, 3.8) is 0 Å². The number of carbonyl (C=O) groups excluding carboxylic acids is 1. The number of nitrogens with zero attached hydrogens (tertiary/aromatic N) is 1. The van der Waals surface area contributed by atoms with Crippen LogP contribution in [-0.4, -0.2) is 18.1 Å². The van der Waals surface area contributed by atoms with E-state index in [0.29, 0.717) is 11.3 Å². The first-order valence-corrected chi connectivity index (χ1v) is 7.79. The molecule has 3 rings (SSSR count). The molecule has 20 heavy (non-hydrogen) atoms. The molecule has 4 nitrogen and oxygen atoms in total. The van der Waals surface area contributed by atoms with Crippen LogP contribution in [0.2, 0.25) is 0 Å². The van der Waals surface area contributed by atoms with Crippen LogP contribution in [0.4, 0.5) is 11.4 Å². The van der Waals surface area contributed by atoms with Crippen molar-refractivity contribution < 1.29 is 9.90 Å². The maximum atomic E-state index is 11.4. The molecule has 2 aromatic rings. The first-order valence-electron chi connectivity index (χ1n) is 6.11. The number of rotatable bonds is 3. The number of carbonyl (C=O) groups is 1. The summed E-state index contributed by atoms with van der Waals surface area (Å²) in [4.78, 5) is 13.5. The molecule has 2 heterocycles. The molecule has 1 aliphatic rings. The third-order valence-electron chi connectivity index (χ3n) is 3.32. The maximum absolute atomic E-state index is 11.4. The van der Waals surface area contributed by atoms with Crippen molar-refractivity contribution in [3.8, 4) is 0 Å². The Balaban J connectivity index is 1.81. The van der Waals surface area contributed by atoms with E-state index in [1.54, 1.807) is 17.4 Å². The molecule has 1 aliphatic heterocycles. The summed E-state index contributed by atoms with van der Waals surface area (Å²) in [7, 11) is 2.00. The second-order valence-corrected chi connectivity index (χ2v) is 7.07. The number of anilines is 2. The zero-order valence-electron chi connectivity index (χ0n) is 10.8. The Morgan fingerprint density at radius 3 is 2.95 bits per heavy atom. The van der Waals surface area contributed by atoms with Crippen LogP contribution < -0.4 is 10.2 Å². The van der Waals surface area contributed by atoms with Gasteiger partial charge in [0.05, 0.1) is 3.79 Å². The molecule has 1 unspecified atom stereocenters. The van der Waals surface area contributed by atoms with Gasteiger partial charge in [0.2, 0.25) is 0 Å². The summed E-state index contributed by atoms with van der Waals surface area (Å²) >= 11 is 5.12. The average Bonchev–Trinajstić information content (AvgIpc) is 2.94. The van der Waals surface area contributed by atoms with Crippen molar-refractivity contribution in [1.29, 1.82) is 0 Å². The molecule has 1 atom stereocenters. The summed E-state index contributed by atoms with van der Waals surface area (Å²) in [6.45, 7) is 0.789. The fourth-order valence-electron chi connectivity index (χ4n) is 2.26. The zero-order valence-corrected chi connectivity index (χ0v) is 13.2. The van der Waals surface area contributed by atoms with Gasteiger partial charge < -0.3 is 15.3 Å². The van der Waals surface area contributed by atoms with Crippen molar-refractivity contribution in [1.82, 2.24) is 0 Å². The molecular formula is C14H13BrN2O2S. The lowest BCUT2D eigenvalue weighted by molar-refractivity contribution is -0.123. The molecule has 1 aromatic heterocycles. The summed E-state index contributed by atoms with van der Waals surface area (Å²) in [5.74, 6) is -0.360. The van der Waals surface area contributed by atoms with Gasteiger partial charge in [-0.2, -0.15) is 0 Å². The number of hydrogen-bond acceptors (Lipinski definition) is 4. The number of amides is 1. The minimum absolute atomic E-state index is 0.360. The normalized spacial score (nSPS) is 16.9. The fraction of sp³-hybridized carbons (Fsp3) is 0.214. The molecule has 0 fully saturated rings. The van der Waals surface area contributed by atoms with E-state index < -0.39 is 6.10 Å². The summed E-state index contributed by atoms with van der Waals surface area (Å²) in [6, 6.07) is 7.71. The molecular weight excluding hydrogens is 340 g/mol. The van der Waals surface area contributed by atoms with Crippen LogP contribution in [0.1, 0.15) is 17.2 Å². The van der Waals surface area contributed by atoms with Gasteiger partial charge in [-0.15, -0.1) is 11.3 Å². The monoisotopic (exact) mass is 352 g/mol. The van der Waals surface area contributed by atoms with Gasteiger partial charge in [-0.25, -0.2) is 0 Å². The largest absolute Gasteiger partial charge is 0.378 e. The maximum Gasteiger partial charge on any atom is 0.257 e. The number of hydrogen-bond donors (Lipinski definition) is 2. The minimum Gasteiger partial charge on any atom is -0.378 e. The lowest BCUT2D eigenvalue weighted by atomic mass is 10.1. The van der Waals surface area contributed by atoms with Gasteiger partial charge in [0.25, 0.3) is 5.91 Å². The first-order chi connectivity index (χ1) is 9.54. The number of fused-ring (bicyclic) bond motifs is 1. The SMILES string of the molecule is CN(Cc1csc(Br)c1)c1ccc2c(c1)NC(=O)C2O. The standard InChI is InChI=1S/C14H13BrN2O2S/c1-17(6-8-4-12(15)20-7-8)9-2-3-10-11(5-9)16-14(19)13(10)18/h2-5,7,13,18H,6H2,1H3,(H,16,19). The lowest BCUT2D eigenvalue weighted by Gasteiger charge is -2.19. The van der Waals surface area contributed by atoms with E-state index >= 15 is 0 Å². The summed E-state index contributed by atoms with van der Waals surface area (Å²) in [5.41, 5.74) is 3.57. The predicted octanol–water partition coefficient (Wildman–Crippen LogP) is 3.13. The van der Waals surface area contributed by atoms with Crippen molar-refractivity contribution in [2.45, 2.75) is 12.6 Å². The lowest BCUT2D eigenvalue weighted by Crippen LogP contribution is -2.15. The summed E-state index contributed by atoms with van der Waals surface area (Å²) < 4.78 is 1.12. The molecule has 0 saturated carbocycles. The van der Waals surface area contributed by atoms with E-state index in [1.807, 2.05) is 19.2 Å². The Hall–Kier alpha value is -1.37. The van der Waals surface area contributed by atoms with Crippen LogP contribution >= 0.6 is 27.3 Å². The molecule has 0 spiro atoms. The summed E-state index contributed by atoms with van der Waals surface area (Å²) in [6.07, 6.45) is -1.04. The van der Waals surface area contributed by atoms with Crippen molar-refractivity contribution in [2.24, 2.45) is 0 Å². The van der Waals surface area contributed by atoms with Gasteiger partial charge >= 0.3 is 0 Å². The molecule has 104 valence electrons. The smallest absolute Gasteiger partial charge is 0.257 e. The number of aliphatic hydroxyl groups excluding tert-OH is 1. The first kappa shape index (κ1) is 13.6. The van der Waals surface area contributed by atoms with Crippen LogP contribution in [0, 0.1) is 0 Å². The van der Waals surface area contributed by atoms with Crippen LogP contribution in [0.25, 0.3) is 0 Å². The fourth-order valence-corrected chi connectivity index (χ4v) is 3.46. The van der Waals surface area contributed by atoms with Crippen LogP contribution in [0.5, 0.6) is 0 Å². The number of benzene rings is 1. The van der Waals surface area contributed by atoms with E-state index in [2.05, 4.69) is 37.6 Å². The van der Waals surface area contributed by atoms with E-state index in [9.17, 15) is 9.90 Å². The molecule has 1 aromatic carbocycles. The molecule has 0 radical (unpaired) electrons. The number of nitrogens with one attached hydrogen (secondary N) is 1. The molecule has 1 amide bonds. The average molecular weight is 353 g/mol. The second kappa shape index (κ2) is 5.20. The van der Waals surface area contributed by atoms with Crippen molar-refractivity contribution in [3.05, 3.63) is 44.6 Å². The number of halogens is 1. The Morgan fingerprint density at radius 1 is 1.45 bits per heavy atom. The highest BCUT2D eigenvalue weighted by Crippen LogP contribution is 2.34. The van der Waals surface area contributed by atoms with Crippen LogP contribution in [-0.2, 0) is 11.3 Å². The highest BCUT2D eigenvalue weighted by Gasteiger charge is 2.28. The molecule has 0 bridgehead atoms. The van der Waals surface area contributed by atoms with Gasteiger partial charge in [-0.1, -0.05) is 6.07 Å².